The Balaban J connectivity index is 1.68. The smallest absolute Gasteiger partial charge is 0.409 e. The standard InChI is InChI=1S/C15H19BrN2O5S/c1-2-22-15(21)18-7-5-10(6-8-18)17-13(19)9-23-14(20)11-3-4-12(16)24-11/h3-4,10H,2,5-9H2,1H3,(H,17,19). The Labute approximate surface area is 152 Å². The second kappa shape index (κ2) is 9.03. The monoisotopic (exact) mass is 418 g/mol. The van der Waals surface area contributed by atoms with Crippen molar-refractivity contribution >= 4 is 45.2 Å². The summed E-state index contributed by atoms with van der Waals surface area (Å²) in [5, 5.41) is 2.82. The number of nitrogens with zero attached hydrogens (tertiary/aromatic N) is 1. The van der Waals surface area contributed by atoms with Crippen molar-refractivity contribution in [1.29, 1.82) is 0 Å². The second-order valence-corrected chi connectivity index (χ2v) is 7.67. The number of rotatable bonds is 5. The number of likely N-dealkylation sites (tertiary alicyclic amines) is 1. The first-order valence-corrected chi connectivity index (χ1v) is 9.24. The molecule has 1 N–H and O–H groups in total. The maximum Gasteiger partial charge on any atom is 0.409 e. The van der Waals surface area contributed by atoms with Crippen LogP contribution in [0.4, 0.5) is 4.79 Å². The van der Waals surface area contributed by atoms with Gasteiger partial charge in [-0.15, -0.1) is 11.3 Å². The van der Waals surface area contributed by atoms with Gasteiger partial charge in [0.25, 0.3) is 5.91 Å². The fourth-order valence-corrected chi connectivity index (χ4v) is 3.60. The molecular weight excluding hydrogens is 400 g/mol. The van der Waals surface area contributed by atoms with E-state index in [0.29, 0.717) is 37.4 Å². The normalized spacial score (nSPS) is 15.0. The van der Waals surface area contributed by atoms with Gasteiger partial charge in [-0.25, -0.2) is 9.59 Å². The zero-order valence-electron chi connectivity index (χ0n) is 13.2. The lowest BCUT2D eigenvalue weighted by Crippen LogP contribution is -2.47. The molecule has 1 aliphatic rings. The molecule has 1 aromatic heterocycles. The van der Waals surface area contributed by atoms with Crippen molar-refractivity contribution < 1.29 is 23.9 Å². The lowest BCUT2D eigenvalue weighted by Gasteiger charge is -2.31. The van der Waals surface area contributed by atoms with Gasteiger partial charge in [-0.3, -0.25) is 4.79 Å². The van der Waals surface area contributed by atoms with Gasteiger partial charge in [0.15, 0.2) is 6.61 Å². The molecule has 24 heavy (non-hydrogen) atoms. The van der Waals surface area contributed by atoms with Crippen molar-refractivity contribution in [1.82, 2.24) is 10.2 Å². The van der Waals surface area contributed by atoms with Gasteiger partial charge in [-0.2, -0.15) is 0 Å². The van der Waals surface area contributed by atoms with Crippen LogP contribution < -0.4 is 5.32 Å². The van der Waals surface area contributed by atoms with E-state index in [2.05, 4.69) is 21.2 Å². The van der Waals surface area contributed by atoms with Gasteiger partial charge in [0.2, 0.25) is 0 Å². The van der Waals surface area contributed by atoms with Crippen LogP contribution in [0.5, 0.6) is 0 Å². The predicted molar refractivity (Wildman–Crippen MR) is 92.1 cm³/mol. The Morgan fingerprint density at radius 1 is 1.29 bits per heavy atom. The molecule has 1 aromatic rings. The number of hydrogen-bond donors (Lipinski definition) is 1. The first kappa shape index (κ1) is 18.7. The summed E-state index contributed by atoms with van der Waals surface area (Å²) >= 11 is 4.52. The third kappa shape index (κ3) is 5.48. The SMILES string of the molecule is CCOC(=O)N1CCC(NC(=O)COC(=O)c2ccc(Br)s2)CC1. The Morgan fingerprint density at radius 2 is 2.00 bits per heavy atom. The van der Waals surface area contributed by atoms with Gasteiger partial charge in [-0.1, -0.05) is 0 Å². The number of halogens is 1. The van der Waals surface area contributed by atoms with Crippen molar-refractivity contribution in [3.05, 3.63) is 20.8 Å². The highest BCUT2D eigenvalue weighted by Gasteiger charge is 2.24. The molecule has 2 rings (SSSR count). The molecule has 2 heterocycles. The van der Waals surface area contributed by atoms with E-state index >= 15 is 0 Å². The molecule has 0 spiro atoms. The summed E-state index contributed by atoms with van der Waals surface area (Å²) in [7, 11) is 0. The number of piperidine rings is 1. The number of esters is 1. The molecule has 0 radical (unpaired) electrons. The van der Waals surface area contributed by atoms with E-state index in [0.717, 1.165) is 3.79 Å². The number of amides is 2. The van der Waals surface area contributed by atoms with E-state index in [1.54, 1.807) is 24.0 Å². The van der Waals surface area contributed by atoms with Crippen molar-refractivity contribution in [2.75, 3.05) is 26.3 Å². The van der Waals surface area contributed by atoms with Gasteiger partial charge in [-0.05, 0) is 47.8 Å². The maximum atomic E-state index is 11.9. The van der Waals surface area contributed by atoms with E-state index < -0.39 is 5.97 Å². The van der Waals surface area contributed by atoms with Crippen LogP contribution in [0.3, 0.4) is 0 Å². The molecule has 1 aliphatic heterocycles. The quantitative estimate of drug-likeness (QED) is 0.741. The minimum Gasteiger partial charge on any atom is -0.451 e. The molecule has 1 fully saturated rings. The molecule has 0 unspecified atom stereocenters. The molecule has 0 aliphatic carbocycles. The van der Waals surface area contributed by atoms with E-state index in [-0.39, 0.29) is 24.6 Å². The molecule has 0 saturated carbocycles. The number of carbonyl (C=O) groups excluding carboxylic acids is 3. The minimum atomic E-state index is -0.516. The number of hydrogen-bond acceptors (Lipinski definition) is 6. The highest BCUT2D eigenvalue weighted by molar-refractivity contribution is 9.11. The molecule has 0 bridgehead atoms. The molecule has 132 valence electrons. The van der Waals surface area contributed by atoms with E-state index in [1.165, 1.54) is 11.3 Å². The average molecular weight is 419 g/mol. The molecule has 0 aromatic carbocycles. The van der Waals surface area contributed by atoms with Crippen LogP contribution in [0.25, 0.3) is 0 Å². The predicted octanol–water partition coefficient (Wildman–Crippen LogP) is 2.40. The molecule has 2 amide bonds. The summed E-state index contributed by atoms with van der Waals surface area (Å²) < 4.78 is 10.8. The Bertz CT molecular complexity index is 598. The van der Waals surface area contributed by atoms with Gasteiger partial charge in [0, 0.05) is 19.1 Å². The van der Waals surface area contributed by atoms with Crippen LogP contribution in [0.15, 0.2) is 15.9 Å². The third-order valence-electron chi connectivity index (χ3n) is 3.49. The molecule has 1 saturated heterocycles. The summed E-state index contributed by atoms with van der Waals surface area (Å²) in [5.74, 6) is -0.855. The first-order valence-electron chi connectivity index (χ1n) is 7.63. The Hall–Kier alpha value is -1.61. The van der Waals surface area contributed by atoms with Crippen molar-refractivity contribution in [3.8, 4) is 0 Å². The zero-order chi connectivity index (χ0) is 17.5. The highest BCUT2D eigenvalue weighted by Crippen LogP contribution is 2.22. The summed E-state index contributed by atoms with van der Waals surface area (Å²) in [5.41, 5.74) is 0. The minimum absolute atomic E-state index is 0.0299. The molecular formula is C15H19BrN2O5S. The average Bonchev–Trinajstić information content (AvgIpc) is 3.00. The number of carbonyl (C=O) groups is 3. The fraction of sp³-hybridized carbons (Fsp3) is 0.533. The van der Waals surface area contributed by atoms with Crippen LogP contribution in [0.2, 0.25) is 0 Å². The summed E-state index contributed by atoms with van der Waals surface area (Å²) in [4.78, 5) is 37.3. The third-order valence-corrected chi connectivity index (χ3v) is 5.10. The summed E-state index contributed by atoms with van der Waals surface area (Å²) in [6.45, 7) is 2.87. The van der Waals surface area contributed by atoms with Gasteiger partial charge in [0.05, 0.1) is 10.4 Å². The van der Waals surface area contributed by atoms with Gasteiger partial charge in [0.1, 0.15) is 4.88 Å². The van der Waals surface area contributed by atoms with Crippen molar-refractivity contribution in [2.24, 2.45) is 0 Å². The van der Waals surface area contributed by atoms with Crippen LogP contribution >= 0.6 is 27.3 Å². The summed E-state index contributed by atoms with van der Waals surface area (Å²) in [6, 6.07) is 3.36. The Morgan fingerprint density at radius 3 is 2.58 bits per heavy atom. The van der Waals surface area contributed by atoms with E-state index in [4.69, 9.17) is 9.47 Å². The Kier molecular flexibility index (Phi) is 7.04. The molecule has 0 atom stereocenters. The van der Waals surface area contributed by atoms with Crippen LogP contribution in [0, 0.1) is 0 Å². The lowest BCUT2D eigenvalue weighted by molar-refractivity contribution is -0.125. The molecule has 7 nitrogen and oxygen atoms in total. The lowest BCUT2D eigenvalue weighted by atomic mass is 10.1. The van der Waals surface area contributed by atoms with Crippen LogP contribution in [-0.2, 0) is 14.3 Å². The molecule has 9 heteroatoms. The highest BCUT2D eigenvalue weighted by atomic mass is 79.9. The number of ether oxygens (including phenoxy) is 2. The van der Waals surface area contributed by atoms with Gasteiger partial charge < -0.3 is 19.7 Å². The van der Waals surface area contributed by atoms with Crippen LogP contribution in [0.1, 0.15) is 29.4 Å². The van der Waals surface area contributed by atoms with Gasteiger partial charge >= 0.3 is 12.1 Å². The second-order valence-electron chi connectivity index (χ2n) is 5.21. The van der Waals surface area contributed by atoms with E-state index in [9.17, 15) is 14.4 Å². The fourth-order valence-electron chi connectivity index (χ4n) is 2.32. The summed E-state index contributed by atoms with van der Waals surface area (Å²) in [6.07, 6.45) is 0.977. The number of thiophene rings is 1. The number of nitrogens with one attached hydrogen (secondary N) is 1. The topological polar surface area (TPSA) is 84.9 Å². The van der Waals surface area contributed by atoms with Crippen molar-refractivity contribution in [2.45, 2.75) is 25.8 Å². The van der Waals surface area contributed by atoms with Crippen LogP contribution in [-0.4, -0.2) is 55.2 Å². The largest absolute Gasteiger partial charge is 0.451 e. The maximum absolute atomic E-state index is 11.9. The first-order chi connectivity index (χ1) is 11.5. The van der Waals surface area contributed by atoms with Crippen molar-refractivity contribution in [3.63, 3.8) is 0 Å². The van der Waals surface area contributed by atoms with E-state index in [1.807, 2.05) is 0 Å². The zero-order valence-corrected chi connectivity index (χ0v) is 15.7.